The van der Waals surface area contributed by atoms with Gasteiger partial charge in [-0.25, -0.2) is 0 Å². The van der Waals surface area contributed by atoms with E-state index in [2.05, 4.69) is 38.3 Å². The van der Waals surface area contributed by atoms with Crippen LogP contribution in [0.5, 0.6) is 0 Å². The molecular weight excluding hydrogens is 260 g/mol. The van der Waals surface area contributed by atoms with Crippen molar-refractivity contribution in [3.63, 3.8) is 0 Å². The van der Waals surface area contributed by atoms with E-state index in [4.69, 9.17) is 0 Å². The molecule has 1 rings (SSSR count). The summed E-state index contributed by atoms with van der Waals surface area (Å²) in [5.41, 5.74) is 0.292. The smallest absolute Gasteiger partial charge is 0.220 e. The summed E-state index contributed by atoms with van der Waals surface area (Å²) in [6.07, 6.45) is 4.10. The van der Waals surface area contributed by atoms with Gasteiger partial charge in [0.1, 0.15) is 0 Å². The van der Waals surface area contributed by atoms with Gasteiger partial charge in [0.25, 0.3) is 0 Å². The Hall–Kier alpha value is -0.280. The average Bonchev–Trinajstić information content (AvgIpc) is 2.34. The summed E-state index contributed by atoms with van der Waals surface area (Å²) in [6, 6.07) is 0. The molecule has 0 aliphatic carbocycles. The highest BCUT2D eigenvalue weighted by Crippen LogP contribution is 2.27. The number of hydrogen-bond donors (Lipinski definition) is 2. The lowest BCUT2D eigenvalue weighted by molar-refractivity contribution is -0.123. The Labute approximate surface area is 124 Å². The fraction of sp³-hybridized carbons (Fsp3) is 0.933. The van der Waals surface area contributed by atoms with Crippen LogP contribution < -0.4 is 10.6 Å². The van der Waals surface area contributed by atoms with E-state index >= 15 is 0 Å². The summed E-state index contributed by atoms with van der Waals surface area (Å²) in [7, 11) is 0. The number of piperidine rings is 1. The summed E-state index contributed by atoms with van der Waals surface area (Å²) < 4.78 is 0. The van der Waals surface area contributed by atoms with Crippen molar-refractivity contribution in [3.8, 4) is 0 Å². The van der Waals surface area contributed by atoms with E-state index < -0.39 is 0 Å². The second-order valence-corrected chi connectivity index (χ2v) is 6.45. The van der Waals surface area contributed by atoms with Gasteiger partial charge in [-0.3, -0.25) is 4.79 Å². The molecular formula is C15H31ClN2O. The summed E-state index contributed by atoms with van der Waals surface area (Å²) >= 11 is 0. The quantitative estimate of drug-likeness (QED) is 0.790. The third kappa shape index (κ3) is 6.62. The van der Waals surface area contributed by atoms with E-state index in [-0.39, 0.29) is 18.3 Å². The second-order valence-electron chi connectivity index (χ2n) is 6.45. The topological polar surface area (TPSA) is 41.1 Å². The fourth-order valence-corrected chi connectivity index (χ4v) is 2.68. The number of nitrogens with one attached hydrogen (secondary N) is 2. The molecule has 1 fully saturated rings. The Balaban J connectivity index is 0.00000324. The molecule has 1 amide bonds. The molecule has 0 radical (unpaired) electrons. The van der Waals surface area contributed by atoms with Crippen molar-refractivity contribution >= 4 is 18.3 Å². The Kier molecular flexibility index (Phi) is 8.67. The third-order valence-corrected chi connectivity index (χ3v) is 4.44. The Bertz CT molecular complexity index is 263. The minimum absolute atomic E-state index is 0. The van der Waals surface area contributed by atoms with Crippen molar-refractivity contribution in [2.45, 2.75) is 53.4 Å². The summed E-state index contributed by atoms with van der Waals surface area (Å²) in [4.78, 5) is 12.0. The maximum atomic E-state index is 12.0. The molecule has 1 atom stereocenters. The van der Waals surface area contributed by atoms with Crippen LogP contribution in [0.15, 0.2) is 0 Å². The molecule has 3 nitrogen and oxygen atoms in total. The molecule has 0 saturated carbocycles. The van der Waals surface area contributed by atoms with Crippen LogP contribution in [0.2, 0.25) is 0 Å². The molecule has 0 aromatic carbocycles. The Morgan fingerprint density at radius 3 is 2.37 bits per heavy atom. The number of rotatable bonds is 6. The predicted octanol–water partition coefficient (Wildman–Crippen LogP) is 2.99. The van der Waals surface area contributed by atoms with Crippen molar-refractivity contribution < 1.29 is 4.79 Å². The maximum Gasteiger partial charge on any atom is 0.220 e. The van der Waals surface area contributed by atoms with Crippen LogP contribution in [0.1, 0.15) is 53.4 Å². The maximum absolute atomic E-state index is 12.0. The minimum Gasteiger partial charge on any atom is -0.356 e. The van der Waals surface area contributed by atoms with E-state index in [0.29, 0.717) is 23.7 Å². The van der Waals surface area contributed by atoms with Crippen molar-refractivity contribution in [3.05, 3.63) is 0 Å². The van der Waals surface area contributed by atoms with Crippen molar-refractivity contribution in [2.24, 2.45) is 17.3 Å². The molecule has 1 unspecified atom stereocenters. The summed E-state index contributed by atoms with van der Waals surface area (Å²) in [5.74, 6) is 1.34. The number of amides is 1. The zero-order valence-electron chi connectivity index (χ0n) is 12.9. The van der Waals surface area contributed by atoms with E-state index in [1.54, 1.807) is 0 Å². The monoisotopic (exact) mass is 290 g/mol. The Morgan fingerprint density at radius 2 is 1.89 bits per heavy atom. The van der Waals surface area contributed by atoms with Crippen molar-refractivity contribution in [2.75, 3.05) is 19.6 Å². The number of carbonyl (C=O) groups excluding carboxylic acids is 1. The van der Waals surface area contributed by atoms with Crippen LogP contribution in [0.3, 0.4) is 0 Å². The van der Waals surface area contributed by atoms with Gasteiger partial charge >= 0.3 is 0 Å². The molecule has 1 aliphatic heterocycles. The van der Waals surface area contributed by atoms with Crippen LogP contribution in [-0.4, -0.2) is 25.5 Å². The zero-order valence-corrected chi connectivity index (χ0v) is 13.7. The lowest BCUT2D eigenvalue weighted by Gasteiger charge is -2.34. The first-order valence-corrected chi connectivity index (χ1v) is 7.44. The van der Waals surface area contributed by atoms with Gasteiger partial charge in [0.05, 0.1) is 0 Å². The molecule has 0 spiro atoms. The molecule has 19 heavy (non-hydrogen) atoms. The normalized spacial score (nSPS) is 19.6. The van der Waals surface area contributed by atoms with Crippen molar-refractivity contribution in [1.82, 2.24) is 10.6 Å². The molecule has 1 saturated heterocycles. The molecule has 0 aromatic heterocycles. The van der Waals surface area contributed by atoms with Gasteiger partial charge < -0.3 is 10.6 Å². The molecule has 114 valence electrons. The van der Waals surface area contributed by atoms with Gasteiger partial charge in [-0.15, -0.1) is 12.4 Å². The molecule has 0 bridgehead atoms. The lowest BCUT2D eigenvalue weighted by Crippen LogP contribution is -2.43. The average molecular weight is 291 g/mol. The van der Waals surface area contributed by atoms with Crippen LogP contribution in [0, 0.1) is 17.3 Å². The fourth-order valence-electron chi connectivity index (χ4n) is 2.68. The van der Waals surface area contributed by atoms with Gasteiger partial charge in [-0.05, 0) is 43.2 Å². The van der Waals surface area contributed by atoms with Crippen molar-refractivity contribution in [1.29, 1.82) is 0 Å². The number of hydrogen-bond acceptors (Lipinski definition) is 2. The van der Waals surface area contributed by atoms with Gasteiger partial charge in [0.15, 0.2) is 0 Å². The Morgan fingerprint density at radius 1 is 1.32 bits per heavy atom. The SMILES string of the molecule is CCC(CC(=O)NCC1(C)CCNCC1)C(C)C.Cl. The highest BCUT2D eigenvalue weighted by Gasteiger charge is 2.27. The summed E-state index contributed by atoms with van der Waals surface area (Å²) in [5, 5.41) is 6.52. The third-order valence-electron chi connectivity index (χ3n) is 4.44. The summed E-state index contributed by atoms with van der Waals surface area (Å²) in [6.45, 7) is 11.9. The molecule has 1 heterocycles. The second kappa shape index (κ2) is 8.80. The highest BCUT2D eigenvalue weighted by atomic mass is 35.5. The van der Waals surface area contributed by atoms with E-state index in [1.165, 1.54) is 0 Å². The van der Waals surface area contributed by atoms with Crippen LogP contribution in [0.4, 0.5) is 0 Å². The van der Waals surface area contributed by atoms with Gasteiger partial charge in [0, 0.05) is 13.0 Å². The number of halogens is 1. The zero-order chi connectivity index (χ0) is 13.6. The minimum atomic E-state index is 0. The van der Waals surface area contributed by atoms with Gasteiger partial charge in [-0.2, -0.15) is 0 Å². The molecule has 1 aliphatic rings. The number of carbonyl (C=O) groups is 1. The van der Waals surface area contributed by atoms with E-state index in [1.807, 2.05) is 0 Å². The van der Waals surface area contributed by atoms with Crippen LogP contribution >= 0.6 is 12.4 Å². The molecule has 0 aromatic rings. The molecule has 4 heteroatoms. The largest absolute Gasteiger partial charge is 0.356 e. The first kappa shape index (κ1) is 18.7. The molecule has 2 N–H and O–H groups in total. The first-order chi connectivity index (χ1) is 8.47. The van der Waals surface area contributed by atoms with E-state index in [9.17, 15) is 4.79 Å². The van der Waals surface area contributed by atoms with E-state index in [0.717, 1.165) is 38.9 Å². The standard InChI is InChI=1S/C15H30N2O.ClH/c1-5-13(12(2)3)10-14(18)17-11-15(4)6-8-16-9-7-15;/h12-13,16H,5-11H2,1-4H3,(H,17,18);1H. The highest BCUT2D eigenvalue weighted by molar-refractivity contribution is 5.85. The first-order valence-electron chi connectivity index (χ1n) is 7.44. The van der Waals surface area contributed by atoms with Crippen LogP contribution in [-0.2, 0) is 4.79 Å². The predicted molar refractivity (Wildman–Crippen MR) is 83.7 cm³/mol. The van der Waals surface area contributed by atoms with Gasteiger partial charge in [-0.1, -0.05) is 34.1 Å². The van der Waals surface area contributed by atoms with Gasteiger partial charge in [0.2, 0.25) is 5.91 Å². The lowest BCUT2D eigenvalue weighted by atomic mass is 9.81. The van der Waals surface area contributed by atoms with Crippen LogP contribution in [0.25, 0.3) is 0 Å².